The summed E-state index contributed by atoms with van der Waals surface area (Å²) in [4.78, 5) is 14.4. The molecule has 3 rings (SSSR count). The summed E-state index contributed by atoms with van der Waals surface area (Å²) in [6.07, 6.45) is 0.847. The number of benzene rings is 2. The number of hydrogen-bond acceptors (Lipinski definition) is 2. The lowest BCUT2D eigenvalue weighted by Crippen LogP contribution is -2.31. The van der Waals surface area contributed by atoms with Crippen LogP contribution in [0.25, 0.3) is 0 Å². The SMILES string of the molecule is O=C(c1ccc(Br)c(F)c1)N1CCCNc2ccccc21. The Balaban J connectivity index is 1.99. The number of carbonyl (C=O) groups is 1. The minimum Gasteiger partial charge on any atom is -0.383 e. The van der Waals surface area contributed by atoms with E-state index in [0.29, 0.717) is 16.6 Å². The molecule has 2 aromatic carbocycles. The monoisotopic (exact) mass is 348 g/mol. The van der Waals surface area contributed by atoms with Crippen molar-refractivity contribution in [1.82, 2.24) is 0 Å². The summed E-state index contributed by atoms with van der Waals surface area (Å²) in [5.41, 5.74) is 2.12. The highest BCUT2D eigenvalue weighted by molar-refractivity contribution is 9.10. The van der Waals surface area contributed by atoms with Gasteiger partial charge in [-0.05, 0) is 52.7 Å². The van der Waals surface area contributed by atoms with Crippen molar-refractivity contribution in [3.63, 3.8) is 0 Å². The van der Waals surface area contributed by atoms with E-state index in [1.165, 1.54) is 6.07 Å². The first kappa shape index (κ1) is 14.1. The Morgan fingerprint density at radius 2 is 2.05 bits per heavy atom. The molecular weight excluding hydrogens is 335 g/mol. The van der Waals surface area contributed by atoms with Gasteiger partial charge in [0.05, 0.1) is 15.8 Å². The Bertz CT molecular complexity index is 690. The third-order valence-electron chi connectivity index (χ3n) is 3.48. The van der Waals surface area contributed by atoms with Crippen molar-refractivity contribution in [2.75, 3.05) is 23.3 Å². The summed E-state index contributed by atoms with van der Waals surface area (Å²) in [6, 6.07) is 12.1. The highest BCUT2D eigenvalue weighted by Crippen LogP contribution is 2.29. The molecule has 108 valence electrons. The third kappa shape index (κ3) is 2.78. The van der Waals surface area contributed by atoms with Crippen molar-refractivity contribution in [3.05, 3.63) is 58.3 Å². The molecule has 0 atom stereocenters. The fourth-order valence-corrected chi connectivity index (χ4v) is 2.68. The zero-order chi connectivity index (χ0) is 14.8. The first-order valence-electron chi connectivity index (χ1n) is 6.76. The van der Waals surface area contributed by atoms with E-state index in [2.05, 4.69) is 21.2 Å². The molecule has 0 saturated heterocycles. The van der Waals surface area contributed by atoms with Crippen molar-refractivity contribution < 1.29 is 9.18 Å². The fourth-order valence-electron chi connectivity index (χ4n) is 2.44. The van der Waals surface area contributed by atoms with Gasteiger partial charge in [0.25, 0.3) is 5.91 Å². The highest BCUT2D eigenvalue weighted by atomic mass is 79.9. The zero-order valence-electron chi connectivity index (χ0n) is 11.3. The highest BCUT2D eigenvalue weighted by Gasteiger charge is 2.22. The topological polar surface area (TPSA) is 32.3 Å². The Kier molecular flexibility index (Phi) is 3.92. The van der Waals surface area contributed by atoms with E-state index in [-0.39, 0.29) is 5.91 Å². The maximum atomic E-state index is 13.7. The molecule has 0 aromatic heterocycles. The number of nitrogens with zero attached hydrogens (tertiary/aromatic N) is 1. The third-order valence-corrected chi connectivity index (χ3v) is 4.12. The van der Waals surface area contributed by atoms with Crippen molar-refractivity contribution in [3.8, 4) is 0 Å². The number of nitrogens with one attached hydrogen (secondary N) is 1. The molecule has 0 unspecified atom stereocenters. The molecule has 0 fully saturated rings. The number of rotatable bonds is 1. The van der Waals surface area contributed by atoms with Crippen LogP contribution in [0.4, 0.5) is 15.8 Å². The largest absolute Gasteiger partial charge is 0.383 e. The van der Waals surface area contributed by atoms with Crippen LogP contribution in [0.5, 0.6) is 0 Å². The predicted octanol–water partition coefficient (Wildman–Crippen LogP) is 4.05. The zero-order valence-corrected chi connectivity index (χ0v) is 12.9. The van der Waals surface area contributed by atoms with Crippen LogP contribution >= 0.6 is 15.9 Å². The normalized spacial score (nSPS) is 14.1. The van der Waals surface area contributed by atoms with Gasteiger partial charge in [0.2, 0.25) is 0 Å². The smallest absolute Gasteiger partial charge is 0.258 e. The average molecular weight is 349 g/mol. The van der Waals surface area contributed by atoms with Crippen LogP contribution in [-0.4, -0.2) is 19.0 Å². The summed E-state index contributed by atoms with van der Waals surface area (Å²) in [5, 5.41) is 3.31. The van der Waals surface area contributed by atoms with Crippen molar-refractivity contribution >= 4 is 33.2 Å². The van der Waals surface area contributed by atoms with Crippen molar-refractivity contribution in [1.29, 1.82) is 0 Å². The Labute approximate surface area is 130 Å². The molecule has 3 nitrogen and oxygen atoms in total. The van der Waals surface area contributed by atoms with Gasteiger partial charge in [-0.1, -0.05) is 12.1 Å². The second kappa shape index (κ2) is 5.85. The number of fused-ring (bicyclic) bond motifs is 1. The van der Waals surface area contributed by atoms with Crippen LogP contribution in [0.3, 0.4) is 0 Å². The minimum atomic E-state index is -0.429. The van der Waals surface area contributed by atoms with Gasteiger partial charge in [0, 0.05) is 18.7 Å². The molecule has 0 bridgehead atoms. The Morgan fingerprint density at radius 1 is 1.24 bits per heavy atom. The molecule has 2 aromatic rings. The van der Waals surface area contributed by atoms with Gasteiger partial charge < -0.3 is 10.2 Å². The van der Waals surface area contributed by atoms with E-state index in [9.17, 15) is 9.18 Å². The minimum absolute atomic E-state index is 0.183. The number of amides is 1. The molecule has 1 amide bonds. The molecule has 0 saturated carbocycles. The molecular formula is C16H14BrFN2O. The molecule has 1 aliphatic rings. The summed E-state index contributed by atoms with van der Waals surface area (Å²) >= 11 is 3.10. The summed E-state index contributed by atoms with van der Waals surface area (Å²) < 4.78 is 14.0. The lowest BCUT2D eigenvalue weighted by molar-refractivity contribution is 0.0987. The second-order valence-corrected chi connectivity index (χ2v) is 5.74. The summed E-state index contributed by atoms with van der Waals surface area (Å²) in [6.45, 7) is 1.43. The van der Waals surface area contributed by atoms with E-state index in [1.807, 2.05) is 24.3 Å². The summed E-state index contributed by atoms with van der Waals surface area (Å²) in [7, 11) is 0. The summed E-state index contributed by atoms with van der Waals surface area (Å²) in [5.74, 6) is -0.611. The lowest BCUT2D eigenvalue weighted by Gasteiger charge is -2.22. The maximum absolute atomic E-state index is 13.7. The standard InChI is InChI=1S/C16H14BrFN2O/c17-12-7-6-11(10-13(12)18)16(21)20-9-3-8-19-14-4-1-2-5-15(14)20/h1-2,4-7,10,19H,3,8-9H2. The van der Waals surface area contributed by atoms with Gasteiger partial charge in [0.1, 0.15) is 5.82 Å². The van der Waals surface area contributed by atoms with Gasteiger partial charge in [-0.15, -0.1) is 0 Å². The van der Waals surface area contributed by atoms with E-state index in [4.69, 9.17) is 0 Å². The van der Waals surface area contributed by atoms with Gasteiger partial charge in [0.15, 0.2) is 0 Å². The van der Waals surface area contributed by atoms with E-state index < -0.39 is 5.82 Å². The van der Waals surface area contributed by atoms with Crippen LogP contribution in [0, 0.1) is 5.82 Å². The second-order valence-electron chi connectivity index (χ2n) is 4.88. The van der Waals surface area contributed by atoms with Gasteiger partial charge in [-0.3, -0.25) is 4.79 Å². The van der Waals surface area contributed by atoms with Crippen LogP contribution in [0.15, 0.2) is 46.9 Å². The van der Waals surface area contributed by atoms with Crippen LogP contribution in [0.2, 0.25) is 0 Å². The van der Waals surface area contributed by atoms with Crippen LogP contribution < -0.4 is 10.2 Å². The van der Waals surface area contributed by atoms with Crippen LogP contribution in [-0.2, 0) is 0 Å². The molecule has 1 N–H and O–H groups in total. The number of para-hydroxylation sites is 2. The molecule has 1 aliphatic heterocycles. The van der Waals surface area contributed by atoms with E-state index in [1.54, 1.807) is 17.0 Å². The predicted molar refractivity (Wildman–Crippen MR) is 85.3 cm³/mol. The molecule has 21 heavy (non-hydrogen) atoms. The first-order valence-corrected chi connectivity index (χ1v) is 7.56. The average Bonchev–Trinajstić information content (AvgIpc) is 2.71. The quantitative estimate of drug-likeness (QED) is 0.843. The molecule has 5 heteroatoms. The van der Waals surface area contributed by atoms with E-state index >= 15 is 0 Å². The fraction of sp³-hybridized carbons (Fsp3) is 0.188. The van der Waals surface area contributed by atoms with Gasteiger partial charge in [-0.25, -0.2) is 4.39 Å². The molecule has 1 heterocycles. The van der Waals surface area contributed by atoms with Crippen molar-refractivity contribution in [2.45, 2.75) is 6.42 Å². The van der Waals surface area contributed by atoms with Gasteiger partial charge >= 0.3 is 0 Å². The maximum Gasteiger partial charge on any atom is 0.258 e. The molecule has 0 aliphatic carbocycles. The molecule has 0 spiro atoms. The Morgan fingerprint density at radius 3 is 2.86 bits per heavy atom. The van der Waals surface area contributed by atoms with Gasteiger partial charge in [-0.2, -0.15) is 0 Å². The van der Waals surface area contributed by atoms with Crippen LogP contribution in [0.1, 0.15) is 16.8 Å². The number of anilines is 2. The Hall–Kier alpha value is -1.88. The number of carbonyl (C=O) groups excluding carboxylic acids is 1. The first-order chi connectivity index (χ1) is 10.2. The van der Waals surface area contributed by atoms with E-state index in [0.717, 1.165) is 24.3 Å². The number of hydrogen-bond donors (Lipinski definition) is 1. The van der Waals surface area contributed by atoms with Crippen molar-refractivity contribution in [2.24, 2.45) is 0 Å². The number of halogens is 2. The lowest BCUT2D eigenvalue weighted by atomic mass is 10.1. The molecule has 0 radical (unpaired) electrons.